The predicted molar refractivity (Wildman–Crippen MR) is 83.1 cm³/mol. The molecule has 0 atom stereocenters. The highest BCUT2D eigenvalue weighted by Crippen LogP contribution is 2.31. The average Bonchev–Trinajstić information content (AvgIpc) is 3.03. The van der Waals surface area contributed by atoms with E-state index in [9.17, 15) is 9.90 Å². The van der Waals surface area contributed by atoms with Gasteiger partial charge in [-0.1, -0.05) is 13.8 Å². The molecule has 0 bridgehead atoms. The number of carbonyl (C=O) groups is 1. The number of carboxylic acid groups (broad SMARTS) is 1. The van der Waals surface area contributed by atoms with Gasteiger partial charge in [-0.25, -0.2) is 14.3 Å². The summed E-state index contributed by atoms with van der Waals surface area (Å²) < 4.78 is 7.01. The van der Waals surface area contributed by atoms with Crippen molar-refractivity contribution in [1.29, 1.82) is 0 Å². The molecule has 23 heavy (non-hydrogen) atoms. The number of aromatic nitrogens is 2. The van der Waals surface area contributed by atoms with Gasteiger partial charge >= 0.3 is 5.97 Å². The molecule has 0 amide bonds. The SMILES string of the molecule is [C-]#[N+]c1cc(-n2cc(C(=O)O)cn2)ccc1OCC(C)(C)CO. The van der Waals surface area contributed by atoms with Gasteiger partial charge in [-0.05, 0) is 18.2 Å². The number of benzene rings is 1. The zero-order chi connectivity index (χ0) is 17.0. The Balaban J connectivity index is 2.25. The van der Waals surface area contributed by atoms with Crippen LogP contribution in [0.5, 0.6) is 5.75 Å². The van der Waals surface area contributed by atoms with Crippen molar-refractivity contribution in [2.24, 2.45) is 5.41 Å². The van der Waals surface area contributed by atoms with E-state index in [1.165, 1.54) is 17.1 Å². The highest BCUT2D eigenvalue weighted by atomic mass is 16.5. The third kappa shape index (κ3) is 3.87. The van der Waals surface area contributed by atoms with Crippen molar-refractivity contribution in [1.82, 2.24) is 9.78 Å². The Bertz CT molecular complexity index is 759. The minimum atomic E-state index is -1.06. The molecule has 1 heterocycles. The summed E-state index contributed by atoms with van der Waals surface area (Å²) in [6.07, 6.45) is 2.62. The number of ether oxygens (including phenoxy) is 1. The minimum Gasteiger partial charge on any atom is -0.504 e. The number of aliphatic hydroxyl groups excluding tert-OH is 1. The lowest BCUT2D eigenvalue weighted by Gasteiger charge is -2.22. The monoisotopic (exact) mass is 315 g/mol. The number of hydrogen-bond acceptors (Lipinski definition) is 4. The van der Waals surface area contributed by atoms with Gasteiger partial charge in [-0.3, -0.25) is 0 Å². The Labute approximate surface area is 133 Å². The van der Waals surface area contributed by atoms with Gasteiger partial charge in [0.2, 0.25) is 5.69 Å². The Morgan fingerprint density at radius 3 is 2.78 bits per heavy atom. The van der Waals surface area contributed by atoms with Crippen LogP contribution < -0.4 is 4.74 Å². The number of aromatic carboxylic acids is 1. The molecule has 7 nitrogen and oxygen atoms in total. The number of carboxylic acids is 1. The van der Waals surface area contributed by atoms with E-state index in [1.807, 2.05) is 13.8 Å². The molecule has 0 fully saturated rings. The zero-order valence-electron chi connectivity index (χ0n) is 12.9. The van der Waals surface area contributed by atoms with Gasteiger partial charge in [0.15, 0.2) is 0 Å². The number of hydrogen-bond donors (Lipinski definition) is 2. The van der Waals surface area contributed by atoms with Crippen LogP contribution in [0.4, 0.5) is 5.69 Å². The summed E-state index contributed by atoms with van der Waals surface area (Å²) in [5.41, 5.74) is 0.524. The van der Waals surface area contributed by atoms with E-state index in [4.69, 9.17) is 16.4 Å². The maximum absolute atomic E-state index is 10.9. The van der Waals surface area contributed by atoms with E-state index in [2.05, 4.69) is 9.94 Å². The van der Waals surface area contributed by atoms with Crippen molar-refractivity contribution >= 4 is 11.7 Å². The smallest absolute Gasteiger partial charge is 0.338 e. The van der Waals surface area contributed by atoms with Crippen LogP contribution in [0.25, 0.3) is 10.5 Å². The molecule has 0 aliphatic rings. The van der Waals surface area contributed by atoms with E-state index in [0.717, 1.165) is 0 Å². The van der Waals surface area contributed by atoms with E-state index in [0.29, 0.717) is 17.1 Å². The highest BCUT2D eigenvalue weighted by Gasteiger charge is 2.18. The van der Waals surface area contributed by atoms with Gasteiger partial charge in [0.1, 0.15) is 5.75 Å². The second kappa shape index (κ2) is 6.50. The van der Waals surface area contributed by atoms with E-state index >= 15 is 0 Å². The molecule has 1 aromatic carbocycles. The summed E-state index contributed by atoms with van der Waals surface area (Å²) in [5, 5.41) is 22.1. The fourth-order valence-corrected chi connectivity index (χ4v) is 1.75. The first kappa shape index (κ1) is 16.5. The van der Waals surface area contributed by atoms with E-state index in [1.54, 1.807) is 18.2 Å². The van der Waals surface area contributed by atoms with Crippen LogP contribution >= 0.6 is 0 Å². The van der Waals surface area contributed by atoms with Crippen LogP contribution in [-0.2, 0) is 0 Å². The second-order valence-corrected chi connectivity index (χ2v) is 5.85. The maximum atomic E-state index is 10.9. The largest absolute Gasteiger partial charge is 0.504 e. The van der Waals surface area contributed by atoms with Crippen LogP contribution in [0.1, 0.15) is 24.2 Å². The van der Waals surface area contributed by atoms with Gasteiger partial charge in [-0.2, -0.15) is 5.10 Å². The van der Waals surface area contributed by atoms with Crippen molar-refractivity contribution in [3.63, 3.8) is 0 Å². The van der Waals surface area contributed by atoms with Gasteiger partial charge in [0.25, 0.3) is 0 Å². The molecule has 0 saturated heterocycles. The van der Waals surface area contributed by atoms with Gasteiger partial charge < -0.3 is 14.9 Å². The predicted octanol–water partition coefficient (Wildman–Crippen LogP) is 2.52. The molecule has 2 rings (SSSR count). The molecule has 0 radical (unpaired) electrons. The lowest BCUT2D eigenvalue weighted by molar-refractivity contribution is 0.0697. The quantitative estimate of drug-likeness (QED) is 0.800. The summed E-state index contributed by atoms with van der Waals surface area (Å²) in [6, 6.07) is 4.90. The summed E-state index contributed by atoms with van der Waals surface area (Å²) in [4.78, 5) is 14.3. The lowest BCUT2D eigenvalue weighted by atomic mass is 9.96. The number of nitrogens with zero attached hydrogens (tertiary/aromatic N) is 3. The first-order chi connectivity index (χ1) is 10.9. The topological polar surface area (TPSA) is 88.9 Å². The Hall–Kier alpha value is -2.85. The molecule has 0 spiro atoms. The van der Waals surface area contributed by atoms with Gasteiger partial charge in [0, 0.05) is 11.6 Å². The summed E-state index contributed by atoms with van der Waals surface area (Å²) in [5.74, 6) is -0.649. The Morgan fingerprint density at radius 2 is 2.22 bits per heavy atom. The van der Waals surface area contributed by atoms with Crippen molar-refractivity contribution in [2.75, 3.05) is 13.2 Å². The minimum absolute atomic E-state index is 0.0241. The fourth-order valence-electron chi connectivity index (χ4n) is 1.75. The van der Waals surface area contributed by atoms with Crippen LogP contribution in [0.3, 0.4) is 0 Å². The molecule has 0 unspecified atom stereocenters. The summed E-state index contributed by atoms with van der Waals surface area (Å²) in [6.45, 7) is 11.2. The fraction of sp³-hybridized carbons (Fsp3) is 0.312. The second-order valence-electron chi connectivity index (χ2n) is 5.85. The van der Waals surface area contributed by atoms with E-state index < -0.39 is 11.4 Å². The average molecular weight is 315 g/mol. The standard InChI is InChI=1S/C16H17N3O4/c1-16(2,9-20)10-23-14-5-4-12(6-13(14)17-3)19-8-11(7-18-19)15(21)22/h4-8,20H,9-10H2,1-2H3,(H,21,22). The van der Waals surface area contributed by atoms with Gasteiger partial charge in [0.05, 0.1) is 37.2 Å². The number of rotatable bonds is 6. The zero-order valence-corrected chi connectivity index (χ0v) is 12.9. The molecule has 0 saturated carbocycles. The van der Waals surface area contributed by atoms with E-state index in [-0.39, 0.29) is 18.8 Å². The summed E-state index contributed by atoms with van der Waals surface area (Å²) in [7, 11) is 0. The van der Waals surface area contributed by atoms with Crippen LogP contribution in [0.15, 0.2) is 30.6 Å². The molecule has 0 aliphatic heterocycles. The maximum Gasteiger partial charge on any atom is 0.338 e. The third-order valence-corrected chi connectivity index (χ3v) is 3.20. The molecule has 7 heteroatoms. The number of aliphatic hydroxyl groups is 1. The molecule has 0 aliphatic carbocycles. The molecule has 2 aromatic rings. The van der Waals surface area contributed by atoms with Crippen LogP contribution in [0.2, 0.25) is 0 Å². The Morgan fingerprint density at radius 1 is 1.48 bits per heavy atom. The van der Waals surface area contributed by atoms with Crippen molar-refractivity contribution in [2.45, 2.75) is 13.8 Å². The first-order valence-corrected chi connectivity index (χ1v) is 6.90. The molecule has 2 N–H and O–H groups in total. The molecule has 1 aromatic heterocycles. The van der Waals surface area contributed by atoms with Gasteiger partial charge in [-0.15, -0.1) is 0 Å². The van der Waals surface area contributed by atoms with Crippen molar-refractivity contribution in [3.8, 4) is 11.4 Å². The lowest BCUT2D eigenvalue weighted by Crippen LogP contribution is -2.25. The Kier molecular flexibility index (Phi) is 4.67. The summed E-state index contributed by atoms with van der Waals surface area (Å²) >= 11 is 0. The normalized spacial score (nSPS) is 11.0. The van der Waals surface area contributed by atoms with Crippen LogP contribution in [0, 0.1) is 12.0 Å². The molecular weight excluding hydrogens is 298 g/mol. The third-order valence-electron chi connectivity index (χ3n) is 3.20. The molecular formula is C16H17N3O4. The first-order valence-electron chi connectivity index (χ1n) is 6.90. The molecule has 120 valence electrons. The van der Waals surface area contributed by atoms with Crippen molar-refractivity contribution in [3.05, 3.63) is 47.6 Å². The van der Waals surface area contributed by atoms with Crippen molar-refractivity contribution < 1.29 is 19.7 Å². The highest BCUT2D eigenvalue weighted by molar-refractivity contribution is 5.87. The van der Waals surface area contributed by atoms with Crippen LogP contribution in [-0.4, -0.2) is 39.2 Å².